The molecule has 4 nitrogen and oxygen atoms in total. The minimum Gasteiger partial charge on any atom is -0.368 e. The fourth-order valence-electron chi connectivity index (χ4n) is 3.23. The Bertz CT molecular complexity index is 648. The van der Waals surface area contributed by atoms with Gasteiger partial charge in [0.15, 0.2) is 0 Å². The number of alkyl halides is 3. The highest BCUT2D eigenvalue weighted by Gasteiger charge is 2.60. The van der Waals surface area contributed by atoms with E-state index in [2.05, 4.69) is 0 Å². The van der Waals surface area contributed by atoms with Crippen LogP contribution in [0.5, 0.6) is 0 Å². The van der Waals surface area contributed by atoms with Gasteiger partial charge in [-0.15, -0.1) is 0 Å². The third-order valence-electron chi connectivity index (χ3n) is 4.49. The van der Waals surface area contributed by atoms with Gasteiger partial charge in [-0.25, -0.2) is 0 Å². The van der Waals surface area contributed by atoms with E-state index in [0.29, 0.717) is 12.8 Å². The van der Waals surface area contributed by atoms with E-state index in [0.717, 1.165) is 4.90 Å². The lowest BCUT2D eigenvalue weighted by atomic mass is 9.94. The third-order valence-corrected chi connectivity index (χ3v) is 4.49. The van der Waals surface area contributed by atoms with Gasteiger partial charge < -0.3 is 5.73 Å². The van der Waals surface area contributed by atoms with Crippen LogP contribution >= 0.6 is 0 Å². The first kappa shape index (κ1) is 19.3. The lowest BCUT2D eigenvalue weighted by molar-refractivity contribution is -0.200. The number of nitrogens with zero attached hydrogens (tertiary/aromatic N) is 2. The van der Waals surface area contributed by atoms with Crippen molar-refractivity contribution in [1.82, 2.24) is 4.90 Å². The monoisotopic (exact) mass is 353 g/mol. The van der Waals surface area contributed by atoms with Crippen LogP contribution in [0.1, 0.15) is 44.7 Å². The molecular weight excluding hydrogens is 331 g/mol. The minimum absolute atomic E-state index is 0.00605. The van der Waals surface area contributed by atoms with Crippen molar-refractivity contribution in [1.29, 1.82) is 5.26 Å². The normalized spacial score (nSPS) is 18.6. The number of halogens is 3. The molecule has 25 heavy (non-hydrogen) atoms. The first-order valence-electron chi connectivity index (χ1n) is 8.23. The van der Waals surface area contributed by atoms with Crippen LogP contribution in [0.3, 0.4) is 0 Å². The van der Waals surface area contributed by atoms with Crippen LogP contribution in [0, 0.1) is 17.2 Å². The van der Waals surface area contributed by atoms with E-state index >= 15 is 0 Å². The number of hydrogen-bond donors (Lipinski definition) is 1. The Morgan fingerprint density at radius 1 is 1.32 bits per heavy atom. The third kappa shape index (κ3) is 4.13. The number of benzene rings is 1. The number of hydrogen-bond acceptors (Lipinski definition) is 3. The van der Waals surface area contributed by atoms with Crippen molar-refractivity contribution >= 4 is 5.91 Å². The van der Waals surface area contributed by atoms with Crippen LogP contribution < -0.4 is 5.73 Å². The van der Waals surface area contributed by atoms with Crippen LogP contribution in [0.2, 0.25) is 0 Å². The average Bonchev–Trinajstić information content (AvgIpc) is 3.30. The van der Waals surface area contributed by atoms with Crippen molar-refractivity contribution in [2.75, 3.05) is 0 Å². The van der Waals surface area contributed by atoms with Gasteiger partial charge in [0, 0.05) is 0 Å². The van der Waals surface area contributed by atoms with Gasteiger partial charge in [0.2, 0.25) is 5.91 Å². The molecule has 1 aromatic rings. The Hall–Kier alpha value is -2.07. The van der Waals surface area contributed by atoms with Gasteiger partial charge in [-0.3, -0.25) is 9.69 Å². The van der Waals surface area contributed by atoms with E-state index in [-0.39, 0.29) is 17.9 Å². The molecule has 2 rings (SSSR count). The maximum absolute atomic E-state index is 14.0. The summed E-state index contributed by atoms with van der Waals surface area (Å²) in [7, 11) is 0. The van der Waals surface area contributed by atoms with Crippen LogP contribution in [0.25, 0.3) is 0 Å². The van der Waals surface area contributed by atoms with Crippen molar-refractivity contribution in [3.63, 3.8) is 0 Å². The number of carbonyl (C=O) groups is 1. The Morgan fingerprint density at radius 3 is 2.24 bits per heavy atom. The Labute approximate surface area is 145 Å². The number of nitriles is 1. The maximum atomic E-state index is 14.0. The maximum Gasteiger partial charge on any atom is 0.408 e. The summed E-state index contributed by atoms with van der Waals surface area (Å²) in [5.41, 5.74) is 4.17. The summed E-state index contributed by atoms with van der Waals surface area (Å²) in [6.45, 7) is 3.62. The van der Waals surface area contributed by atoms with Gasteiger partial charge in [0.05, 0.1) is 12.1 Å². The molecule has 136 valence electrons. The Kier molecular flexibility index (Phi) is 5.43. The van der Waals surface area contributed by atoms with E-state index in [9.17, 15) is 23.2 Å². The second-order valence-corrected chi connectivity index (χ2v) is 6.95. The quantitative estimate of drug-likeness (QED) is 0.815. The summed E-state index contributed by atoms with van der Waals surface area (Å²) in [5, 5.41) is 9.54. The number of primary amides is 1. The molecule has 7 heteroatoms. The molecule has 1 fully saturated rings. The van der Waals surface area contributed by atoms with E-state index in [4.69, 9.17) is 5.73 Å². The Balaban J connectivity index is 2.59. The second-order valence-electron chi connectivity index (χ2n) is 6.95. The number of rotatable bonds is 7. The number of amides is 1. The zero-order valence-electron chi connectivity index (χ0n) is 14.3. The standard InChI is InChI=1S/C18H22F3N3O/c1-12(2)10-14(16(23)25)24(17(11-22)8-9-17)15(18(19,20)21)13-6-4-3-5-7-13/h3-7,12,14-15H,8-10H2,1-2H3,(H2,23,25)/t14-,15-/m0/s1. The van der Waals surface area contributed by atoms with Crippen molar-refractivity contribution < 1.29 is 18.0 Å². The molecule has 1 aliphatic rings. The molecule has 1 amide bonds. The van der Waals surface area contributed by atoms with Crippen molar-refractivity contribution in [2.24, 2.45) is 11.7 Å². The highest BCUT2D eigenvalue weighted by atomic mass is 19.4. The SMILES string of the molecule is CC(C)C[C@@H](C(N)=O)N([C@@H](c1ccccc1)C(F)(F)F)C1(C#N)CC1. The van der Waals surface area contributed by atoms with Gasteiger partial charge >= 0.3 is 6.18 Å². The van der Waals surface area contributed by atoms with Crippen molar-refractivity contribution in [3.05, 3.63) is 35.9 Å². The first-order valence-corrected chi connectivity index (χ1v) is 8.23. The van der Waals surface area contributed by atoms with Crippen LogP contribution in [0.15, 0.2) is 30.3 Å². The van der Waals surface area contributed by atoms with E-state index in [1.807, 2.05) is 19.9 Å². The van der Waals surface area contributed by atoms with Gasteiger partial charge in [0.1, 0.15) is 11.6 Å². The Morgan fingerprint density at radius 2 is 1.88 bits per heavy atom. The first-order chi connectivity index (χ1) is 11.6. The van der Waals surface area contributed by atoms with E-state index in [1.54, 1.807) is 6.07 Å². The van der Waals surface area contributed by atoms with Crippen molar-refractivity contribution in [2.45, 2.75) is 56.9 Å². The zero-order valence-corrected chi connectivity index (χ0v) is 14.3. The molecule has 0 bridgehead atoms. The summed E-state index contributed by atoms with van der Waals surface area (Å²) in [6.07, 6.45) is -3.88. The summed E-state index contributed by atoms with van der Waals surface area (Å²) in [5.74, 6) is -0.875. The molecule has 0 aliphatic heterocycles. The van der Waals surface area contributed by atoms with Crippen LogP contribution in [-0.4, -0.2) is 28.6 Å². The zero-order chi connectivity index (χ0) is 18.8. The molecule has 0 unspecified atom stereocenters. The lowest BCUT2D eigenvalue weighted by Crippen LogP contribution is -2.56. The smallest absolute Gasteiger partial charge is 0.368 e. The number of carbonyl (C=O) groups excluding carboxylic acids is 1. The minimum atomic E-state index is -4.64. The van der Waals surface area contributed by atoms with Gasteiger partial charge in [-0.1, -0.05) is 44.2 Å². The molecule has 1 aliphatic carbocycles. The molecule has 0 aromatic heterocycles. The molecule has 2 atom stereocenters. The highest BCUT2D eigenvalue weighted by molar-refractivity contribution is 5.80. The van der Waals surface area contributed by atoms with E-state index in [1.165, 1.54) is 24.3 Å². The average molecular weight is 353 g/mol. The predicted molar refractivity (Wildman–Crippen MR) is 87.1 cm³/mol. The predicted octanol–water partition coefficient (Wildman–Crippen LogP) is 3.55. The molecule has 2 N–H and O–H groups in total. The van der Waals surface area contributed by atoms with Crippen molar-refractivity contribution in [3.8, 4) is 6.07 Å². The summed E-state index contributed by atoms with van der Waals surface area (Å²) in [6, 6.07) is 6.18. The largest absolute Gasteiger partial charge is 0.408 e. The molecule has 0 spiro atoms. The number of nitrogens with two attached hydrogens (primary N) is 1. The topological polar surface area (TPSA) is 70.1 Å². The van der Waals surface area contributed by atoms with Gasteiger partial charge in [-0.2, -0.15) is 18.4 Å². The van der Waals surface area contributed by atoms with Crippen LogP contribution in [-0.2, 0) is 4.79 Å². The van der Waals surface area contributed by atoms with E-state index < -0.39 is 29.7 Å². The summed E-state index contributed by atoms with van der Waals surface area (Å²) in [4.78, 5) is 13.1. The second kappa shape index (κ2) is 7.04. The molecule has 0 radical (unpaired) electrons. The van der Waals surface area contributed by atoms with Gasteiger partial charge in [-0.05, 0) is 30.7 Å². The molecular formula is C18H22F3N3O. The summed E-state index contributed by atoms with van der Waals surface area (Å²) >= 11 is 0. The summed E-state index contributed by atoms with van der Waals surface area (Å²) < 4.78 is 42.0. The lowest BCUT2D eigenvalue weighted by Gasteiger charge is -2.41. The fraction of sp³-hybridized carbons (Fsp3) is 0.556. The highest BCUT2D eigenvalue weighted by Crippen LogP contribution is 2.51. The van der Waals surface area contributed by atoms with Gasteiger partial charge in [0.25, 0.3) is 0 Å². The van der Waals surface area contributed by atoms with Crippen LogP contribution in [0.4, 0.5) is 13.2 Å². The molecule has 0 saturated heterocycles. The molecule has 1 aromatic carbocycles. The molecule has 1 saturated carbocycles. The fourth-order valence-corrected chi connectivity index (χ4v) is 3.23. The molecule has 0 heterocycles.